The van der Waals surface area contributed by atoms with E-state index in [1.165, 1.54) is 5.56 Å². The number of carbonyl (C=O) groups excluding carboxylic acids is 1. The first-order valence-electron chi connectivity index (χ1n) is 9.68. The Bertz CT molecular complexity index is 872. The molecule has 1 aromatic carbocycles. The molecule has 1 aromatic heterocycles. The Labute approximate surface area is 158 Å². The molecule has 2 aromatic rings. The number of hydrogen-bond donors (Lipinski definition) is 0. The van der Waals surface area contributed by atoms with Gasteiger partial charge in [0.05, 0.1) is 6.04 Å². The first-order chi connectivity index (χ1) is 13.2. The molecular formula is C20H24N4O3. The molecule has 0 radical (unpaired) electrons. The number of hydrogen-bond acceptors (Lipinski definition) is 5. The molecule has 1 saturated heterocycles. The highest BCUT2D eigenvalue weighted by molar-refractivity contribution is 5.92. The summed E-state index contributed by atoms with van der Waals surface area (Å²) in [5.41, 5.74) is 1.78. The molecule has 1 fully saturated rings. The highest BCUT2D eigenvalue weighted by atomic mass is 16.7. The van der Waals surface area contributed by atoms with Gasteiger partial charge in [0.15, 0.2) is 11.5 Å². The zero-order valence-electron chi connectivity index (χ0n) is 15.6. The van der Waals surface area contributed by atoms with Crippen molar-refractivity contribution < 1.29 is 14.3 Å². The molecular weight excluding hydrogens is 344 g/mol. The number of likely N-dealkylation sites (tertiary alicyclic amines) is 1. The van der Waals surface area contributed by atoms with Crippen molar-refractivity contribution in [2.24, 2.45) is 0 Å². The molecule has 0 aliphatic carbocycles. The van der Waals surface area contributed by atoms with E-state index in [-0.39, 0.29) is 11.9 Å². The third-order valence-corrected chi connectivity index (χ3v) is 5.79. The molecule has 1 atom stereocenters. The summed E-state index contributed by atoms with van der Waals surface area (Å²) in [5, 5.41) is 0. The summed E-state index contributed by atoms with van der Waals surface area (Å²) in [6.45, 7) is 6.76. The van der Waals surface area contributed by atoms with Crippen LogP contribution >= 0.6 is 0 Å². The van der Waals surface area contributed by atoms with Crippen molar-refractivity contribution in [2.45, 2.75) is 38.9 Å². The number of carbonyl (C=O) groups is 1. The van der Waals surface area contributed by atoms with Crippen LogP contribution < -0.4 is 9.47 Å². The average Bonchev–Trinajstić information content (AvgIpc) is 3.43. The van der Waals surface area contributed by atoms with Crippen molar-refractivity contribution in [3.8, 4) is 11.5 Å². The quantitative estimate of drug-likeness (QED) is 0.833. The maximum atomic E-state index is 12.7. The van der Waals surface area contributed by atoms with Crippen molar-refractivity contribution in [3.63, 3.8) is 0 Å². The van der Waals surface area contributed by atoms with Crippen molar-refractivity contribution in [3.05, 3.63) is 41.5 Å². The van der Waals surface area contributed by atoms with Gasteiger partial charge in [-0.2, -0.15) is 0 Å². The van der Waals surface area contributed by atoms with Gasteiger partial charge in [0.2, 0.25) is 6.79 Å². The van der Waals surface area contributed by atoms with E-state index in [2.05, 4.69) is 28.5 Å². The molecule has 3 aliphatic heterocycles. The summed E-state index contributed by atoms with van der Waals surface area (Å²) in [6.07, 6.45) is 4.13. The van der Waals surface area contributed by atoms with Crippen LogP contribution in [-0.4, -0.2) is 51.7 Å². The van der Waals surface area contributed by atoms with Gasteiger partial charge in [-0.15, -0.1) is 0 Å². The van der Waals surface area contributed by atoms with Crippen LogP contribution in [0.15, 0.2) is 24.4 Å². The lowest BCUT2D eigenvalue weighted by atomic mass is 10.1. The van der Waals surface area contributed by atoms with Gasteiger partial charge in [-0.25, -0.2) is 4.98 Å². The average molecular weight is 368 g/mol. The summed E-state index contributed by atoms with van der Waals surface area (Å²) in [5.74, 6) is 2.68. The standard InChI is InChI=1S/C20H24N4O3/c1-14-19-21-16(20(25)22-6-2-3-7-22)12-24(19)9-8-23(14)11-15-4-5-17-18(10-15)27-13-26-17/h4-5,10,12,14H,2-3,6-9,11,13H2,1H3/t14-/m0/s1. The Morgan fingerprint density at radius 1 is 1.15 bits per heavy atom. The Hall–Kier alpha value is -2.54. The van der Waals surface area contributed by atoms with Gasteiger partial charge in [-0.3, -0.25) is 9.69 Å². The molecule has 4 heterocycles. The minimum atomic E-state index is 0.0731. The zero-order chi connectivity index (χ0) is 18.4. The van der Waals surface area contributed by atoms with Crippen LogP contribution in [0, 0.1) is 0 Å². The normalized spacial score (nSPS) is 21.5. The Morgan fingerprint density at radius 3 is 2.81 bits per heavy atom. The summed E-state index contributed by atoms with van der Waals surface area (Å²) in [4.78, 5) is 21.7. The summed E-state index contributed by atoms with van der Waals surface area (Å²) >= 11 is 0. The predicted molar refractivity (Wildman–Crippen MR) is 98.8 cm³/mol. The van der Waals surface area contributed by atoms with E-state index in [4.69, 9.17) is 14.5 Å². The lowest BCUT2D eigenvalue weighted by Crippen LogP contribution is -2.36. The number of fused-ring (bicyclic) bond motifs is 2. The fraction of sp³-hybridized carbons (Fsp3) is 0.500. The summed E-state index contributed by atoms with van der Waals surface area (Å²) in [7, 11) is 0. The Balaban J connectivity index is 1.33. The lowest BCUT2D eigenvalue weighted by molar-refractivity contribution is 0.0787. The van der Waals surface area contributed by atoms with Gasteiger partial charge in [0, 0.05) is 38.9 Å². The number of rotatable bonds is 3. The maximum Gasteiger partial charge on any atom is 0.274 e. The fourth-order valence-electron chi connectivity index (χ4n) is 4.21. The zero-order valence-corrected chi connectivity index (χ0v) is 15.6. The minimum Gasteiger partial charge on any atom is -0.454 e. The van der Waals surface area contributed by atoms with Crippen LogP contribution in [0.4, 0.5) is 0 Å². The second-order valence-corrected chi connectivity index (χ2v) is 7.51. The van der Waals surface area contributed by atoms with Crippen molar-refractivity contribution >= 4 is 5.91 Å². The van der Waals surface area contributed by atoms with E-state index in [9.17, 15) is 4.79 Å². The van der Waals surface area contributed by atoms with Crippen LogP contribution in [0.5, 0.6) is 11.5 Å². The second-order valence-electron chi connectivity index (χ2n) is 7.51. The van der Waals surface area contributed by atoms with Gasteiger partial charge >= 0.3 is 0 Å². The Kier molecular flexibility index (Phi) is 4.04. The summed E-state index contributed by atoms with van der Waals surface area (Å²) < 4.78 is 13.0. The van der Waals surface area contributed by atoms with E-state index in [0.717, 1.165) is 62.9 Å². The lowest BCUT2D eigenvalue weighted by Gasteiger charge is -2.33. The van der Waals surface area contributed by atoms with Crippen molar-refractivity contribution in [1.29, 1.82) is 0 Å². The monoisotopic (exact) mass is 368 g/mol. The third kappa shape index (κ3) is 2.96. The number of amides is 1. The molecule has 7 nitrogen and oxygen atoms in total. The number of aromatic nitrogens is 2. The molecule has 1 amide bonds. The third-order valence-electron chi connectivity index (χ3n) is 5.79. The molecule has 142 valence electrons. The van der Waals surface area contributed by atoms with Gasteiger partial charge in [0.1, 0.15) is 11.5 Å². The molecule has 0 unspecified atom stereocenters. The molecule has 5 rings (SSSR count). The van der Waals surface area contributed by atoms with Crippen LogP contribution in [-0.2, 0) is 13.1 Å². The van der Waals surface area contributed by atoms with Crippen LogP contribution in [0.1, 0.15) is 47.7 Å². The number of nitrogens with zero attached hydrogens (tertiary/aromatic N) is 4. The predicted octanol–water partition coefficient (Wildman–Crippen LogP) is 2.42. The molecule has 7 heteroatoms. The van der Waals surface area contributed by atoms with Crippen molar-refractivity contribution in [2.75, 3.05) is 26.4 Å². The van der Waals surface area contributed by atoms with Gasteiger partial charge in [0.25, 0.3) is 5.91 Å². The summed E-state index contributed by atoms with van der Waals surface area (Å²) in [6, 6.07) is 6.27. The fourth-order valence-corrected chi connectivity index (χ4v) is 4.21. The van der Waals surface area contributed by atoms with E-state index < -0.39 is 0 Å². The van der Waals surface area contributed by atoms with Gasteiger partial charge in [-0.05, 0) is 37.5 Å². The SMILES string of the molecule is C[C@H]1c2nc(C(=O)N3CCCC3)cn2CCN1Cc1ccc2c(c1)OCO2. The van der Waals surface area contributed by atoms with E-state index >= 15 is 0 Å². The number of benzene rings is 1. The highest BCUT2D eigenvalue weighted by Crippen LogP contribution is 2.34. The van der Waals surface area contributed by atoms with E-state index in [1.54, 1.807) is 0 Å². The topological polar surface area (TPSA) is 59.8 Å². The second kappa shape index (κ2) is 6.56. The maximum absolute atomic E-state index is 12.7. The molecule has 3 aliphatic rings. The van der Waals surface area contributed by atoms with Gasteiger partial charge in [-0.1, -0.05) is 6.07 Å². The van der Waals surface area contributed by atoms with Crippen LogP contribution in [0.3, 0.4) is 0 Å². The molecule has 0 N–H and O–H groups in total. The number of imidazole rings is 1. The Morgan fingerprint density at radius 2 is 1.96 bits per heavy atom. The van der Waals surface area contributed by atoms with E-state index in [0.29, 0.717) is 12.5 Å². The van der Waals surface area contributed by atoms with Gasteiger partial charge < -0.3 is 18.9 Å². The molecule has 0 saturated carbocycles. The number of ether oxygens (including phenoxy) is 2. The molecule has 0 bridgehead atoms. The van der Waals surface area contributed by atoms with Crippen LogP contribution in [0.2, 0.25) is 0 Å². The highest BCUT2D eigenvalue weighted by Gasteiger charge is 2.29. The van der Waals surface area contributed by atoms with Crippen LogP contribution in [0.25, 0.3) is 0 Å². The van der Waals surface area contributed by atoms with Crippen molar-refractivity contribution in [1.82, 2.24) is 19.4 Å². The largest absolute Gasteiger partial charge is 0.454 e. The molecule has 27 heavy (non-hydrogen) atoms. The minimum absolute atomic E-state index is 0.0731. The first-order valence-corrected chi connectivity index (χ1v) is 9.68. The van der Waals surface area contributed by atoms with E-state index in [1.807, 2.05) is 17.2 Å². The molecule has 0 spiro atoms. The first kappa shape index (κ1) is 16.6. The smallest absolute Gasteiger partial charge is 0.274 e.